The van der Waals surface area contributed by atoms with Crippen molar-refractivity contribution in [3.63, 3.8) is 0 Å². The maximum atomic E-state index is 13.2. The summed E-state index contributed by atoms with van der Waals surface area (Å²) in [6.07, 6.45) is 2.45. The van der Waals surface area contributed by atoms with Crippen molar-refractivity contribution in [2.75, 3.05) is 45.9 Å². The van der Waals surface area contributed by atoms with Gasteiger partial charge in [-0.15, -0.1) is 0 Å². The van der Waals surface area contributed by atoms with Crippen LogP contribution in [0.2, 0.25) is 0 Å². The lowest BCUT2D eigenvalue weighted by Crippen LogP contribution is -2.52. The Morgan fingerprint density at radius 3 is 2.53 bits per heavy atom. The van der Waals surface area contributed by atoms with E-state index in [0.717, 1.165) is 6.42 Å². The number of fused-ring (bicyclic) bond motifs is 1. The van der Waals surface area contributed by atoms with Gasteiger partial charge in [0.25, 0.3) is 0 Å². The molecule has 11 heteroatoms. The van der Waals surface area contributed by atoms with E-state index in [-0.39, 0.29) is 49.3 Å². The van der Waals surface area contributed by atoms with Crippen molar-refractivity contribution >= 4 is 21.8 Å². The van der Waals surface area contributed by atoms with Gasteiger partial charge in [0.1, 0.15) is 5.76 Å². The molecular formula is C23H27N3O7S. The highest BCUT2D eigenvalue weighted by molar-refractivity contribution is 7.89. The Labute approximate surface area is 198 Å². The number of piperazine rings is 1. The molecule has 34 heavy (non-hydrogen) atoms. The number of hydrogen-bond acceptors (Lipinski definition) is 7. The van der Waals surface area contributed by atoms with Crippen LogP contribution in [0.3, 0.4) is 0 Å². The van der Waals surface area contributed by atoms with Crippen molar-refractivity contribution in [3.8, 4) is 11.5 Å². The van der Waals surface area contributed by atoms with Crippen molar-refractivity contribution in [2.45, 2.75) is 24.3 Å². The van der Waals surface area contributed by atoms with Crippen molar-refractivity contribution in [2.24, 2.45) is 5.92 Å². The number of rotatable bonds is 5. The van der Waals surface area contributed by atoms with E-state index in [0.29, 0.717) is 43.6 Å². The van der Waals surface area contributed by atoms with Crippen LogP contribution in [0.4, 0.5) is 0 Å². The number of benzene rings is 1. The molecule has 4 heterocycles. The van der Waals surface area contributed by atoms with Crippen LogP contribution in [0.25, 0.3) is 0 Å². The zero-order valence-electron chi connectivity index (χ0n) is 18.7. The lowest BCUT2D eigenvalue weighted by molar-refractivity contribution is -0.137. The second kappa shape index (κ2) is 9.30. The fourth-order valence-electron chi connectivity index (χ4n) is 4.54. The fraction of sp³-hybridized carbons (Fsp3) is 0.478. The van der Waals surface area contributed by atoms with Gasteiger partial charge < -0.3 is 23.7 Å². The minimum absolute atomic E-state index is 0.0784. The summed E-state index contributed by atoms with van der Waals surface area (Å²) in [5, 5.41) is 0. The van der Waals surface area contributed by atoms with E-state index >= 15 is 0 Å². The van der Waals surface area contributed by atoms with Crippen molar-refractivity contribution in [1.29, 1.82) is 0 Å². The van der Waals surface area contributed by atoms with E-state index in [1.54, 1.807) is 34.3 Å². The van der Waals surface area contributed by atoms with Gasteiger partial charge in [-0.3, -0.25) is 9.59 Å². The largest absolute Gasteiger partial charge is 0.490 e. The molecule has 3 aliphatic rings. The van der Waals surface area contributed by atoms with Crippen LogP contribution in [0.1, 0.15) is 18.6 Å². The molecule has 5 rings (SSSR count). The molecule has 0 spiro atoms. The van der Waals surface area contributed by atoms with Gasteiger partial charge in [0.15, 0.2) is 11.5 Å². The number of carbonyl (C=O) groups is 2. The van der Waals surface area contributed by atoms with Gasteiger partial charge in [-0.25, -0.2) is 8.42 Å². The molecule has 2 fully saturated rings. The molecule has 0 bridgehead atoms. The Morgan fingerprint density at radius 1 is 1.03 bits per heavy atom. The van der Waals surface area contributed by atoms with Gasteiger partial charge >= 0.3 is 0 Å². The molecule has 3 aliphatic heterocycles. The summed E-state index contributed by atoms with van der Waals surface area (Å²) in [6.45, 7) is 2.64. The zero-order valence-corrected chi connectivity index (χ0v) is 19.5. The maximum absolute atomic E-state index is 13.2. The first-order valence-corrected chi connectivity index (χ1v) is 12.8. The van der Waals surface area contributed by atoms with Crippen LogP contribution in [-0.2, 0) is 26.2 Å². The monoisotopic (exact) mass is 489 g/mol. The predicted molar refractivity (Wildman–Crippen MR) is 120 cm³/mol. The number of furan rings is 1. The summed E-state index contributed by atoms with van der Waals surface area (Å²) >= 11 is 0. The van der Waals surface area contributed by atoms with Gasteiger partial charge in [0.2, 0.25) is 21.8 Å². The summed E-state index contributed by atoms with van der Waals surface area (Å²) in [6, 6.07) is 8.21. The number of nitrogens with zero attached hydrogens (tertiary/aromatic N) is 3. The Kier molecular flexibility index (Phi) is 6.22. The van der Waals surface area contributed by atoms with Crippen molar-refractivity contribution < 1.29 is 31.9 Å². The minimum atomic E-state index is -3.74. The molecular weight excluding hydrogens is 462 g/mol. The van der Waals surface area contributed by atoms with Crippen molar-refractivity contribution in [1.82, 2.24) is 14.1 Å². The Morgan fingerprint density at radius 2 is 1.79 bits per heavy atom. The van der Waals surface area contributed by atoms with Crippen LogP contribution >= 0.6 is 0 Å². The summed E-state index contributed by atoms with van der Waals surface area (Å²) in [5.41, 5.74) is 0. The second-order valence-electron chi connectivity index (χ2n) is 8.64. The average Bonchev–Trinajstić information content (AvgIpc) is 3.42. The molecule has 0 unspecified atom stereocenters. The predicted octanol–water partition coefficient (Wildman–Crippen LogP) is 1.32. The van der Waals surface area contributed by atoms with E-state index in [4.69, 9.17) is 13.9 Å². The second-order valence-corrected chi connectivity index (χ2v) is 10.6. The van der Waals surface area contributed by atoms with Crippen LogP contribution < -0.4 is 9.47 Å². The SMILES string of the molecule is O=C1C[C@@H](C(=O)N2CCN(S(=O)(=O)c3ccc4c(c3)OCCCO4)CC2)CN1Cc1ccco1. The number of likely N-dealkylation sites (tertiary alicyclic amines) is 1. The fourth-order valence-corrected chi connectivity index (χ4v) is 5.98. The molecule has 2 amide bonds. The molecule has 182 valence electrons. The topological polar surface area (TPSA) is 110 Å². The van der Waals surface area contributed by atoms with Gasteiger partial charge in [0, 0.05) is 51.6 Å². The van der Waals surface area contributed by atoms with Crippen LogP contribution in [0, 0.1) is 5.92 Å². The Balaban J connectivity index is 1.19. The third-order valence-corrected chi connectivity index (χ3v) is 8.29. The molecule has 10 nitrogen and oxygen atoms in total. The van der Waals surface area contributed by atoms with E-state index in [1.807, 2.05) is 0 Å². The summed E-state index contributed by atoms with van der Waals surface area (Å²) in [5.74, 6) is 1.03. The molecule has 1 aromatic heterocycles. The van der Waals surface area contributed by atoms with Crippen LogP contribution in [-0.4, -0.2) is 80.3 Å². The number of hydrogen-bond donors (Lipinski definition) is 0. The Hall–Kier alpha value is -3.05. The first kappa shape index (κ1) is 22.7. The molecule has 0 saturated carbocycles. The van der Waals surface area contributed by atoms with Crippen LogP contribution in [0.15, 0.2) is 45.9 Å². The normalized spacial score (nSPS) is 21.5. The highest BCUT2D eigenvalue weighted by atomic mass is 32.2. The maximum Gasteiger partial charge on any atom is 0.243 e. The molecule has 1 aromatic carbocycles. The zero-order chi connectivity index (χ0) is 23.7. The van der Waals surface area contributed by atoms with Gasteiger partial charge in [-0.2, -0.15) is 4.31 Å². The third kappa shape index (κ3) is 4.49. The minimum Gasteiger partial charge on any atom is -0.490 e. The summed E-state index contributed by atoms with van der Waals surface area (Å²) < 4.78 is 44.3. The van der Waals surface area contributed by atoms with E-state index < -0.39 is 15.9 Å². The first-order valence-electron chi connectivity index (χ1n) is 11.4. The number of carbonyl (C=O) groups excluding carboxylic acids is 2. The molecule has 0 aliphatic carbocycles. The average molecular weight is 490 g/mol. The number of amides is 2. The van der Waals surface area contributed by atoms with Crippen LogP contribution in [0.5, 0.6) is 11.5 Å². The van der Waals surface area contributed by atoms with E-state index in [9.17, 15) is 18.0 Å². The van der Waals surface area contributed by atoms with Crippen molar-refractivity contribution in [3.05, 3.63) is 42.4 Å². The highest BCUT2D eigenvalue weighted by Gasteiger charge is 2.39. The van der Waals surface area contributed by atoms with E-state index in [1.165, 1.54) is 16.4 Å². The van der Waals surface area contributed by atoms with Gasteiger partial charge in [-0.05, 0) is 24.3 Å². The summed E-state index contributed by atoms with van der Waals surface area (Å²) in [7, 11) is -3.74. The van der Waals surface area contributed by atoms with E-state index in [2.05, 4.69) is 0 Å². The Bertz CT molecular complexity index is 1160. The lowest BCUT2D eigenvalue weighted by Gasteiger charge is -2.35. The molecule has 1 atom stereocenters. The van der Waals surface area contributed by atoms with Gasteiger partial charge in [-0.1, -0.05) is 0 Å². The first-order chi connectivity index (χ1) is 16.4. The lowest BCUT2D eigenvalue weighted by atomic mass is 10.1. The smallest absolute Gasteiger partial charge is 0.243 e. The summed E-state index contributed by atoms with van der Waals surface area (Å²) in [4.78, 5) is 28.8. The third-order valence-electron chi connectivity index (χ3n) is 6.40. The molecule has 2 aromatic rings. The standard InChI is InChI=1S/C23H27N3O7S/c27-22-13-17(15-25(22)16-18-3-1-10-31-18)23(28)24-6-8-26(9-7-24)34(29,30)19-4-5-20-21(14-19)33-12-2-11-32-20/h1,3-5,10,14,17H,2,6-9,11-13,15-16H2/t17-/m1/s1. The molecule has 2 saturated heterocycles. The number of sulfonamides is 1. The molecule has 0 N–H and O–H groups in total. The number of ether oxygens (including phenoxy) is 2. The van der Waals surface area contributed by atoms with Gasteiger partial charge in [0.05, 0.1) is 36.8 Å². The quantitative estimate of drug-likeness (QED) is 0.623. The highest BCUT2D eigenvalue weighted by Crippen LogP contribution is 2.33. The molecule has 0 radical (unpaired) electrons.